The second-order valence-corrected chi connectivity index (χ2v) is 3.74. The first-order valence-corrected chi connectivity index (χ1v) is 5.28. The van der Waals surface area contributed by atoms with E-state index in [1.807, 2.05) is 0 Å². The van der Waals surface area contributed by atoms with E-state index >= 15 is 0 Å². The van der Waals surface area contributed by atoms with E-state index in [1.54, 1.807) is 0 Å². The average Bonchev–Trinajstić information content (AvgIpc) is 2.25. The summed E-state index contributed by atoms with van der Waals surface area (Å²) in [6.45, 7) is -0.211. The van der Waals surface area contributed by atoms with Gasteiger partial charge in [0, 0.05) is 5.75 Å². The molecule has 0 aromatic heterocycles. The monoisotopic (exact) mass is 240 g/mol. The fourth-order valence-electron chi connectivity index (χ4n) is 1.37. The van der Waals surface area contributed by atoms with Crippen LogP contribution >= 0.6 is 12.6 Å². The molecule has 0 amide bonds. The van der Waals surface area contributed by atoms with E-state index in [9.17, 15) is 15.3 Å². The van der Waals surface area contributed by atoms with Crippen molar-refractivity contribution in [3.8, 4) is 0 Å². The van der Waals surface area contributed by atoms with Crippen molar-refractivity contribution in [3.05, 3.63) is 0 Å². The van der Waals surface area contributed by atoms with Gasteiger partial charge in [-0.25, -0.2) is 0 Å². The zero-order chi connectivity index (χ0) is 11.4. The minimum absolute atomic E-state index is 0.242. The lowest BCUT2D eigenvalue weighted by Crippen LogP contribution is -2.59. The molecule has 1 rings (SSSR count). The van der Waals surface area contributed by atoms with Crippen molar-refractivity contribution >= 4 is 12.6 Å². The Bertz CT molecular complexity index is 190. The lowest BCUT2D eigenvalue weighted by atomic mass is 9.99. The highest BCUT2D eigenvalue weighted by Gasteiger charge is 2.43. The van der Waals surface area contributed by atoms with Crippen molar-refractivity contribution in [1.82, 2.24) is 0 Å². The molecule has 1 saturated heterocycles. The summed E-state index contributed by atoms with van der Waals surface area (Å²) < 4.78 is 10.1. The summed E-state index contributed by atoms with van der Waals surface area (Å²) in [5, 5.41) is 37.2. The number of hydrogen-bond acceptors (Lipinski definition) is 7. The molecule has 1 aliphatic rings. The molecule has 0 bridgehead atoms. The Morgan fingerprint density at radius 3 is 2.33 bits per heavy atom. The fraction of sp³-hybridized carbons (Fsp3) is 1.00. The maximum absolute atomic E-state index is 9.48. The minimum Gasteiger partial charge on any atom is -0.394 e. The van der Waals surface area contributed by atoms with Crippen molar-refractivity contribution in [2.45, 2.75) is 30.7 Å². The van der Waals surface area contributed by atoms with E-state index in [1.165, 1.54) is 0 Å². The van der Waals surface area contributed by atoms with E-state index in [2.05, 4.69) is 12.6 Å². The molecule has 0 spiro atoms. The molecule has 0 aromatic carbocycles. The highest BCUT2D eigenvalue weighted by Crippen LogP contribution is 2.21. The van der Waals surface area contributed by atoms with Crippen LogP contribution in [0, 0.1) is 0 Å². The number of aliphatic hydroxyl groups is 4. The van der Waals surface area contributed by atoms with Crippen molar-refractivity contribution < 1.29 is 29.9 Å². The van der Waals surface area contributed by atoms with Crippen molar-refractivity contribution in [1.29, 1.82) is 0 Å². The molecule has 5 atom stereocenters. The van der Waals surface area contributed by atoms with Crippen LogP contribution in [-0.4, -0.2) is 70.1 Å². The molecular weight excluding hydrogens is 224 g/mol. The smallest absolute Gasteiger partial charge is 0.186 e. The summed E-state index contributed by atoms with van der Waals surface area (Å²) >= 11 is 3.91. The van der Waals surface area contributed by atoms with E-state index in [0.717, 1.165) is 0 Å². The average molecular weight is 240 g/mol. The van der Waals surface area contributed by atoms with Crippen LogP contribution in [0.15, 0.2) is 0 Å². The van der Waals surface area contributed by atoms with E-state index in [0.29, 0.717) is 5.75 Å². The van der Waals surface area contributed by atoms with Gasteiger partial charge in [-0.1, -0.05) is 0 Å². The molecule has 15 heavy (non-hydrogen) atoms. The first-order chi connectivity index (χ1) is 7.11. The Morgan fingerprint density at radius 2 is 1.80 bits per heavy atom. The number of hydrogen-bond donors (Lipinski definition) is 5. The predicted molar refractivity (Wildman–Crippen MR) is 53.6 cm³/mol. The lowest BCUT2D eigenvalue weighted by molar-refractivity contribution is -0.299. The van der Waals surface area contributed by atoms with Crippen molar-refractivity contribution in [3.63, 3.8) is 0 Å². The van der Waals surface area contributed by atoms with Gasteiger partial charge in [0.2, 0.25) is 0 Å². The zero-order valence-electron chi connectivity index (χ0n) is 8.06. The number of ether oxygens (including phenoxy) is 2. The Labute approximate surface area is 92.8 Å². The van der Waals surface area contributed by atoms with Crippen LogP contribution < -0.4 is 0 Å². The van der Waals surface area contributed by atoms with Crippen LogP contribution in [0.3, 0.4) is 0 Å². The standard InChI is InChI=1S/C8H16O6S/c9-3-4-5(10)6(11)7(12)8(14-4)13-1-2-15/h4-12,15H,1-3H2/t4?,5-,6-,7-,8?/m0/s1. The summed E-state index contributed by atoms with van der Waals surface area (Å²) in [5.41, 5.74) is 0. The van der Waals surface area contributed by atoms with Gasteiger partial charge in [-0.3, -0.25) is 0 Å². The third-order valence-corrected chi connectivity index (χ3v) is 2.40. The molecule has 0 aromatic rings. The normalized spacial score (nSPS) is 41.8. The third kappa shape index (κ3) is 3.04. The molecule has 2 unspecified atom stereocenters. The maximum atomic E-state index is 9.48. The molecule has 1 fully saturated rings. The third-order valence-electron chi connectivity index (χ3n) is 2.22. The van der Waals surface area contributed by atoms with Crippen LogP contribution in [0.2, 0.25) is 0 Å². The Balaban J connectivity index is 2.57. The van der Waals surface area contributed by atoms with Gasteiger partial charge in [0.15, 0.2) is 6.29 Å². The Hall–Kier alpha value is 0.110. The summed E-state index contributed by atoms with van der Waals surface area (Å²) in [7, 11) is 0. The molecule has 90 valence electrons. The van der Waals surface area contributed by atoms with Crippen molar-refractivity contribution in [2.75, 3.05) is 19.0 Å². The molecule has 7 heteroatoms. The minimum atomic E-state index is -1.39. The van der Waals surface area contributed by atoms with Gasteiger partial charge < -0.3 is 29.9 Å². The van der Waals surface area contributed by atoms with Gasteiger partial charge in [-0.15, -0.1) is 0 Å². The van der Waals surface area contributed by atoms with Crippen LogP contribution in [0.1, 0.15) is 0 Å². The Kier molecular flexibility index (Phi) is 5.27. The number of rotatable bonds is 4. The first kappa shape index (κ1) is 13.2. The van der Waals surface area contributed by atoms with Gasteiger partial charge in [0.05, 0.1) is 13.2 Å². The molecule has 0 aliphatic carbocycles. The van der Waals surface area contributed by atoms with Gasteiger partial charge in [-0.05, 0) is 0 Å². The lowest BCUT2D eigenvalue weighted by Gasteiger charge is -2.39. The molecule has 0 saturated carbocycles. The first-order valence-electron chi connectivity index (χ1n) is 4.64. The van der Waals surface area contributed by atoms with Crippen LogP contribution in [0.25, 0.3) is 0 Å². The second-order valence-electron chi connectivity index (χ2n) is 3.29. The van der Waals surface area contributed by atoms with Gasteiger partial charge in [0.25, 0.3) is 0 Å². The fourth-order valence-corrected chi connectivity index (χ4v) is 1.48. The summed E-state index contributed by atoms with van der Waals surface area (Å²) in [5.74, 6) is 0.440. The van der Waals surface area contributed by atoms with Gasteiger partial charge >= 0.3 is 0 Å². The van der Waals surface area contributed by atoms with Crippen molar-refractivity contribution in [2.24, 2.45) is 0 Å². The van der Waals surface area contributed by atoms with E-state index in [4.69, 9.17) is 14.6 Å². The summed E-state index contributed by atoms with van der Waals surface area (Å²) in [4.78, 5) is 0. The zero-order valence-corrected chi connectivity index (χ0v) is 8.96. The number of aliphatic hydroxyl groups excluding tert-OH is 4. The molecule has 1 heterocycles. The molecule has 6 nitrogen and oxygen atoms in total. The van der Waals surface area contributed by atoms with E-state index in [-0.39, 0.29) is 6.61 Å². The quantitative estimate of drug-likeness (QED) is 0.355. The highest BCUT2D eigenvalue weighted by molar-refractivity contribution is 7.80. The SMILES string of the molecule is OCC1OC(OCCS)[C@@H](O)[C@@H](O)[C@H]1O. The van der Waals surface area contributed by atoms with Crippen LogP contribution in [0.5, 0.6) is 0 Å². The topological polar surface area (TPSA) is 99.4 Å². The van der Waals surface area contributed by atoms with Gasteiger partial charge in [0.1, 0.15) is 24.4 Å². The van der Waals surface area contributed by atoms with E-state index < -0.39 is 37.3 Å². The van der Waals surface area contributed by atoms with Gasteiger partial charge in [-0.2, -0.15) is 12.6 Å². The molecule has 0 radical (unpaired) electrons. The summed E-state index contributed by atoms with van der Waals surface area (Å²) in [6, 6.07) is 0. The Morgan fingerprint density at radius 1 is 1.13 bits per heavy atom. The highest BCUT2D eigenvalue weighted by atomic mass is 32.1. The second kappa shape index (κ2) is 6.00. The largest absolute Gasteiger partial charge is 0.394 e. The molecule has 1 aliphatic heterocycles. The number of thiol groups is 1. The predicted octanol–water partition coefficient (Wildman–Crippen LogP) is -2.27. The van der Waals surface area contributed by atoms with Crippen LogP contribution in [-0.2, 0) is 9.47 Å². The molecule has 4 N–H and O–H groups in total. The van der Waals surface area contributed by atoms with Crippen LogP contribution in [0.4, 0.5) is 0 Å². The maximum Gasteiger partial charge on any atom is 0.186 e. The summed E-state index contributed by atoms with van der Waals surface area (Å²) in [6.07, 6.45) is -6.04. The molecular formula is C8H16O6S.